The summed E-state index contributed by atoms with van der Waals surface area (Å²) in [6, 6.07) is 10.6. The lowest BCUT2D eigenvalue weighted by Gasteiger charge is -2.22. The predicted octanol–water partition coefficient (Wildman–Crippen LogP) is 3.19. The average molecular weight is 340 g/mol. The monoisotopic (exact) mass is 340 g/mol. The number of urea groups is 1. The van der Waals surface area contributed by atoms with Gasteiger partial charge in [0.1, 0.15) is 0 Å². The Kier molecular flexibility index (Phi) is 6.11. The van der Waals surface area contributed by atoms with Gasteiger partial charge in [0.05, 0.1) is 12.2 Å². The summed E-state index contributed by atoms with van der Waals surface area (Å²) >= 11 is 0. The summed E-state index contributed by atoms with van der Waals surface area (Å²) in [6.07, 6.45) is 1.68. The maximum Gasteiger partial charge on any atom is 0.319 e. The fraction of sp³-hybridized carbons (Fsp3) is 0.316. The van der Waals surface area contributed by atoms with Gasteiger partial charge in [0.15, 0.2) is 0 Å². The molecule has 0 radical (unpaired) electrons. The van der Waals surface area contributed by atoms with Crippen LogP contribution in [-0.4, -0.2) is 34.9 Å². The highest BCUT2D eigenvalue weighted by atomic mass is 16.2. The van der Waals surface area contributed by atoms with Crippen molar-refractivity contribution < 1.29 is 9.59 Å². The van der Waals surface area contributed by atoms with E-state index in [1.54, 1.807) is 30.3 Å². The molecule has 1 heterocycles. The highest BCUT2D eigenvalue weighted by Gasteiger charge is 2.17. The first-order valence-electron chi connectivity index (χ1n) is 8.21. The number of carbonyl (C=O) groups excluding carboxylic acids is 2. The molecule has 25 heavy (non-hydrogen) atoms. The maximum atomic E-state index is 12.5. The van der Waals surface area contributed by atoms with Gasteiger partial charge >= 0.3 is 6.03 Å². The number of pyridine rings is 1. The van der Waals surface area contributed by atoms with Crippen molar-refractivity contribution in [3.63, 3.8) is 0 Å². The van der Waals surface area contributed by atoms with Crippen molar-refractivity contribution in [1.82, 2.24) is 15.2 Å². The number of nitrogens with one attached hydrogen (secondary N) is 2. The summed E-state index contributed by atoms with van der Waals surface area (Å²) in [5.74, 6) is -0.0648. The lowest BCUT2D eigenvalue weighted by molar-refractivity contribution is 0.0754. The Labute approximate surface area is 148 Å². The molecule has 0 fully saturated rings. The van der Waals surface area contributed by atoms with Crippen LogP contribution in [0.25, 0.3) is 0 Å². The van der Waals surface area contributed by atoms with Gasteiger partial charge in [-0.05, 0) is 50.6 Å². The number of amides is 3. The largest absolute Gasteiger partial charge is 0.339 e. The third-order valence-electron chi connectivity index (χ3n) is 3.98. The Morgan fingerprint density at radius 1 is 1.20 bits per heavy atom. The second-order valence-electron chi connectivity index (χ2n) is 6.17. The van der Waals surface area contributed by atoms with Gasteiger partial charge in [-0.2, -0.15) is 0 Å². The Morgan fingerprint density at radius 2 is 1.96 bits per heavy atom. The number of carbonyl (C=O) groups is 2. The first-order chi connectivity index (χ1) is 11.9. The first-order valence-corrected chi connectivity index (χ1v) is 8.21. The van der Waals surface area contributed by atoms with Crippen molar-refractivity contribution in [2.75, 3.05) is 12.4 Å². The molecule has 3 amide bonds. The zero-order chi connectivity index (χ0) is 18.4. The molecule has 6 nitrogen and oxygen atoms in total. The molecule has 132 valence electrons. The third-order valence-corrected chi connectivity index (χ3v) is 3.98. The van der Waals surface area contributed by atoms with E-state index in [1.165, 1.54) is 0 Å². The molecule has 2 aromatic rings. The van der Waals surface area contributed by atoms with Gasteiger partial charge in [0.25, 0.3) is 5.91 Å². The molecule has 1 aromatic carbocycles. The van der Waals surface area contributed by atoms with E-state index in [-0.39, 0.29) is 18.0 Å². The second-order valence-corrected chi connectivity index (χ2v) is 6.17. The minimum Gasteiger partial charge on any atom is -0.339 e. The summed E-state index contributed by atoms with van der Waals surface area (Å²) in [7, 11) is 1.77. The van der Waals surface area contributed by atoms with Gasteiger partial charge in [0, 0.05) is 30.5 Å². The molecule has 6 heteroatoms. The van der Waals surface area contributed by atoms with Crippen molar-refractivity contribution >= 4 is 17.6 Å². The molecule has 0 bridgehead atoms. The standard InChI is InChI=1S/C19H24N4O2/c1-13(2)23(4)18(24)17-11-15(9-8-14(17)3)22-19(25)21-12-16-7-5-6-10-20-16/h5-11,13H,12H2,1-4H3,(H2,21,22,25). The smallest absolute Gasteiger partial charge is 0.319 e. The van der Waals surface area contributed by atoms with Gasteiger partial charge in [-0.25, -0.2) is 4.79 Å². The summed E-state index contributed by atoms with van der Waals surface area (Å²) in [6.45, 7) is 6.13. The fourth-order valence-electron chi connectivity index (χ4n) is 2.20. The molecule has 0 aliphatic rings. The van der Waals surface area contributed by atoms with Crippen LogP contribution in [-0.2, 0) is 6.54 Å². The minimum atomic E-state index is -0.342. The Hall–Kier alpha value is -2.89. The number of anilines is 1. The topological polar surface area (TPSA) is 74.3 Å². The lowest BCUT2D eigenvalue weighted by atomic mass is 10.1. The Morgan fingerprint density at radius 3 is 2.60 bits per heavy atom. The third kappa shape index (κ3) is 5.04. The summed E-state index contributed by atoms with van der Waals surface area (Å²) in [5.41, 5.74) is 2.80. The highest BCUT2D eigenvalue weighted by Crippen LogP contribution is 2.18. The van der Waals surface area contributed by atoms with Crippen LogP contribution in [0.5, 0.6) is 0 Å². The number of rotatable bonds is 5. The summed E-state index contributed by atoms with van der Waals surface area (Å²) < 4.78 is 0. The zero-order valence-electron chi connectivity index (χ0n) is 15.0. The molecule has 0 aliphatic heterocycles. The van der Waals surface area contributed by atoms with E-state index in [2.05, 4.69) is 15.6 Å². The minimum absolute atomic E-state index is 0.0648. The van der Waals surface area contributed by atoms with Crippen molar-refractivity contribution in [2.24, 2.45) is 0 Å². The Balaban J connectivity index is 2.03. The van der Waals surface area contributed by atoms with E-state index in [0.29, 0.717) is 17.8 Å². The molecular formula is C19H24N4O2. The van der Waals surface area contributed by atoms with E-state index in [1.807, 2.05) is 45.0 Å². The molecule has 0 unspecified atom stereocenters. The molecule has 1 aromatic heterocycles. The Bertz CT molecular complexity index is 744. The summed E-state index contributed by atoms with van der Waals surface area (Å²) in [4.78, 5) is 30.4. The normalized spacial score (nSPS) is 10.4. The number of hydrogen-bond acceptors (Lipinski definition) is 3. The molecular weight excluding hydrogens is 316 g/mol. The van der Waals surface area contributed by atoms with Crippen LogP contribution in [0.1, 0.15) is 35.5 Å². The van der Waals surface area contributed by atoms with E-state index >= 15 is 0 Å². The number of hydrogen-bond donors (Lipinski definition) is 2. The van der Waals surface area contributed by atoms with Gasteiger partial charge in [-0.15, -0.1) is 0 Å². The molecule has 0 saturated carbocycles. The van der Waals surface area contributed by atoms with Crippen molar-refractivity contribution in [3.05, 3.63) is 59.4 Å². The van der Waals surface area contributed by atoms with Crippen molar-refractivity contribution in [1.29, 1.82) is 0 Å². The number of aryl methyl sites for hydroxylation is 1. The van der Waals surface area contributed by atoms with Gasteiger partial charge in [-0.1, -0.05) is 12.1 Å². The quantitative estimate of drug-likeness (QED) is 0.878. The molecule has 0 aliphatic carbocycles. The lowest BCUT2D eigenvalue weighted by Crippen LogP contribution is -2.33. The van der Waals surface area contributed by atoms with E-state index in [0.717, 1.165) is 11.3 Å². The molecule has 0 atom stereocenters. The first kappa shape index (κ1) is 18.4. The van der Waals surface area contributed by atoms with Crippen molar-refractivity contribution in [3.8, 4) is 0 Å². The van der Waals surface area contributed by atoms with E-state index < -0.39 is 0 Å². The molecule has 0 spiro atoms. The predicted molar refractivity (Wildman–Crippen MR) is 98.5 cm³/mol. The van der Waals surface area contributed by atoms with Crippen LogP contribution in [0, 0.1) is 6.92 Å². The van der Waals surface area contributed by atoms with Crippen LogP contribution in [0.2, 0.25) is 0 Å². The van der Waals surface area contributed by atoms with Crippen LogP contribution < -0.4 is 10.6 Å². The number of nitrogens with zero attached hydrogens (tertiary/aromatic N) is 2. The van der Waals surface area contributed by atoms with E-state index in [9.17, 15) is 9.59 Å². The SMILES string of the molecule is Cc1ccc(NC(=O)NCc2ccccn2)cc1C(=O)N(C)C(C)C. The zero-order valence-corrected chi connectivity index (χ0v) is 15.0. The average Bonchev–Trinajstić information content (AvgIpc) is 2.61. The van der Waals surface area contributed by atoms with Crippen LogP contribution in [0.4, 0.5) is 10.5 Å². The molecule has 2 rings (SSSR count). The fourth-order valence-corrected chi connectivity index (χ4v) is 2.20. The second kappa shape index (κ2) is 8.28. The molecule has 2 N–H and O–H groups in total. The van der Waals surface area contributed by atoms with E-state index in [4.69, 9.17) is 0 Å². The maximum absolute atomic E-state index is 12.5. The summed E-state index contributed by atoms with van der Waals surface area (Å²) in [5, 5.41) is 5.50. The van der Waals surface area contributed by atoms with Crippen LogP contribution >= 0.6 is 0 Å². The molecule has 0 saturated heterocycles. The van der Waals surface area contributed by atoms with Crippen molar-refractivity contribution in [2.45, 2.75) is 33.4 Å². The number of benzene rings is 1. The van der Waals surface area contributed by atoms with Gasteiger partial charge in [-0.3, -0.25) is 9.78 Å². The number of aromatic nitrogens is 1. The van der Waals surface area contributed by atoms with Gasteiger partial charge < -0.3 is 15.5 Å². The van der Waals surface area contributed by atoms with Crippen LogP contribution in [0.3, 0.4) is 0 Å². The highest BCUT2D eigenvalue weighted by molar-refractivity contribution is 5.98. The van der Waals surface area contributed by atoms with Gasteiger partial charge in [0.2, 0.25) is 0 Å². The van der Waals surface area contributed by atoms with Crippen LogP contribution in [0.15, 0.2) is 42.6 Å².